The van der Waals surface area contributed by atoms with E-state index >= 15 is 0 Å². The van der Waals surface area contributed by atoms with Gasteiger partial charge in [-0.05, 0) is 31.2 Å². The molecule has 1 aliphatic rings. The van der Waals surface area contributed by atoms with Crippen LogP contribution in [0.1, 0.15) is 18.0 Å². The quantitative estimate of drug-likeness (QED) is 0.899. The van der Waals surface area contributed by atoms with E-state index in [4.69, 9.17) is 14.6 Å². The van der Waals surface area contributed by atoms with Crippen LogP contribution in [0, 0.1) is 5.92 Å². The van der Waals surface area contributed by atoms with Gasteiger partial charge in [0.1, 0.15) is 0 Å². The van der Waals surface area contributed by atoms with Gasteiger partial charge in [0.05, 0.1) is 20.1 Å². The van der Waals surface area contributed by atoms with Gasteiger partial charge in [-0.2, -0.15) is 0 Å². The fourth-order valence-electron chi connectivity index (χ4n) is 2.63. The number of nitrogens with zero attached hydrogens (tertiary/aromatic N) is 1. The van der Waals surface area contributed by atoms with Gasteiger partial charge >= 0.3 is 5.97 Å². The van der Waals surface area contributed by atoms with E-state index in [2.05, 4.69) is 4.90 Å². The average molecular weight is 265 g/mol. The number of carboxylic acids is 1. The summed E-state index contributed by atoms with van der Waals surface area (Å²) in [6, 6.07) is 5.86. The van der Waals surface area contributed by atoms with E-state index in [1.54, 1.807) is 14.2 Å². The van der Waals surface area contributed by atoms with Crippen molar-refractivity contribution in [2.75, 3.05) is 27.8 Å². The van der Waals surface area contributed by atoms with Crippen molar-refractivity contribution in [2.24, 2.45) is 5.92 Å². The Balaban J connectivity index is 2.25. The lowest BCUT2D eigenvalue weighted by Gasteiger charge is -2.20. The molecule has 0 spiro atoms. The predicted molar refractivity (Wildman–Crippen MR) is 70.7 cm³/mol. The average Bonchev–Trinajstić information content (AvgIpc) is 2.80. The van der Waals surface area contributed by atoms with Gasteiger partial charge in [0.2, 0.25) is 0 Å². The maximum Gasteiger partial charge on any atom is 0.307 e. The Kier molecular flexibility index (Phi) is 3.95. The molecule has 104 valence electrons. The van der Waals surface area contributed by atoms with E-state index in [9.17, 15) is 4.79 Å². The molecule has 0 amide bonds. The SMILES string of the molecule is COc1ccc([C@H]2C[C@H](C(=O)O)CN2C)cc1OC. The van der Waals surface area contributed by atoms with Crippen molar-refractivity contribution in [3.8, 4) is 11.5 Å². The first-order chi connectivity index (χ1) is 9.06. The molecular formula is C14H19NO4. The Morgan fingerprint density at radius 1 is 1.32 bits per heavy atom. The molecule has 0 saturated carbocycles. The Hall–Kier alpha value is -1.75. The van der Waals surface area contributed by atoms with Crippen LogP contribution in [0.15, 0.2) is 18.2 Å². The van der Waals surface area contributed by atoms with Gasteiger partial charge in [0.25, 0.3) is 0 Å². The number of aliphatic carboxylic acids is 1. The molecule has 0 aromatic heterocycles. The molecule has 1 heterocycles. The minimum atomic E-state index is -0.727. The number of carboxylic acid groups (broad SMARTS) is 1. The fraction of sp³-hybridized carbons (Fsp3) is 0.500. The molecule has 5 nitrogen and oxygen atoms in total. The Labute approximate surface area is 112 Å². The van der Waals surface area contributed by atoms with Gasteiger partial charge in [-0.15, -0.1) is 0 Å². The molecule has 1 aliphatic heterocycles. The second-order valence-corrected chi connectivity index (χ2v) is 4.84. The third-order valence-electron chi connectivity index (χ3n) is 3.69. The van der Waals surface area contributed by atoms with E-state index in [0.29, 0.717) is 24.5 Å². The van der Waals surface area contributed by atoms with E-state index < -0.39 is 5.97 Å². The van der Waals surface area contributed by atoms with E-state index in [1.165, 1.54) is 0 Å². The first kappa shape index (κ1) is 13.7. The standard InChI is InChI=1S/C14H19NO4/c1-15-8-10(14(16)17)6-11(15)9-4-5-12(18-2)13(7-9)19-3/h4-5,7,10-11H,6,8H2,1-3H3,(H,16,17)/t10-,11+/m0/s1. The number of hydrogen-bond acceptors (Lipinski definition) is 4. The largest absolute Gasteiger partial charge is 0.493 e. The lowest BCUT2D eigenvalue weighted by molar-refractivity contribution is -0.141. The molecule has 1 saturated heterocycles. The number of benzene rings is 1. The topological polar surface area (TPSA) is 59.0 Å². The highest BCUT2D eigenvalue weighted by atomic mass is 16.5. The minimum absolute atomic E-state index is 0.112. The summed E-state index contributed by atoms with van der Waals surface area (Å²) in [5.41, 5.74) is 1.06. The summed E-state index contributed by atoms with van der Waals surface area (Å²) in [4.78, 5) is 13.1. The highest BCUT2D eigenvalue weighted by Gasteiger charge is 2.34. The van der Waals surface area contributed by atoms with Crippen LogP contribution in [0.3, 0.4) is 0 Å². The van der Waals surface area contributed by atoms with Crippen LogP contribution in [0.5, 0.6) is 11.5 Å². The number of rotatable bonds is 4. The number of carbonyl (C=O) groups is 1. The second kappa shape index (κ2) is 5.48. The van der Waals surface area contributed by atoms with E-state index in [-0.39, 0.29) is 12.0 Å². The van der Waals surface area contributed by atoms with Crippen molar-refractivity contribution < 1.29 is 19.4 Å². The van der Waals surface area contributed by atoms with Crippen molar-refractivity contribution in [3.05, 3.63) is 23.8 Å². The highest BCUT2D eigenvalue weighted by molar-refractivity contribution is 5.70. The summed E-state index contributed by atoms with van der Waals surface area (Å²) in [5.74, 6) is 0.326. The smallest absolute Gasteiger partial charge is 0.307 e. The molecular weight excluding hydrogens is 246 g/mol. The summed E-state index contributed by atoms with van der Waals surface area (Å²) >= 11 is 0. The molecule has 1 fully saturated rings. The van der Waals surface area contributed by atoms with Gasteiger partial charge in [0, 0.05) is 12.6 Å². The number of likely N-dealkylation sites (tertiary alicyclic amines) is 1. The summed E-state index contributed by atoms with van der Waals surface area (Å²) in [6.07, 6.45) is 0.626. The van der Waals surface area contributed by atoms with Crippen LogP contribution >= 0.6 is 0 Å². The maximum absolute atomic E-state index is 11.1. The van der Waals surface area contributed by atoms with Crippen LogP contribution in [0.2, 0.25) is 0 Å². The third kappa shape index (κ3) is 2.66. The molecule has 0 aliphatic carbocycles. The second-order valence-electron chi connectivity index (χ2n) is 4.84. The van der Waals surface area contributed by atoms with Gasteiger partial charge < -0.3 is 14.6 Å². The number of methoxy groups -OCH3 is 2. The maximum atomic E-state index is 11.1. The Bertz CT molecular complexity index is 475. The van der Waals surface area contributed by atoms with E-state index in [1.807, 2.05) is 25.2 Å². The normalized spacial score (nSPS) is 23.3. The summed E-state index contributed by atoms with van der Waals surface area (Å²) in [5, 5.41) is 9.11. The van der Waals surface area contributed by atoms with Gasteiger partial charge in [-0.3, -0.25) is 9.69 Å². The van der Waals surface area contributed by atoms with Gasteiger partial charge in [-0.25, -0.2) is 0 Å². The molecule has 2 rings (SSSR count). The van der Waals surface area contributed by atoms with Crippen LogP contribution in [0.4, 0.5) is 0 Å². The zero-order chi connectivity index (χ0) is 14.0. The zero-order valence-electron chi connectivity index (χ0n) is 11.4. The monoisotopic (exact) mass is 265 g/mol. The van der Waals surface area contributed by atoms with Crippen molar-refractivity contribution in [1.82, 2.24) is 4.90 Å². The van der Waals surface area contributed by atoms with Crippen LogP contribution in [0.25, 0.3) is 0 Å². The third-order valence-corrected chi connectivity index (χ3v) is 3.69. The summed E-state index contributed by atoms with van der Waals surface area (Å²) in [7, 11) is 5.14. The van der Waals surface area contributed by atoms with Gasteiger partial charge in [0.15, 0.2) is 11.5 Å². The summed E-state index contributed by atoms with van der Waals surface area (Å²) in [6.45, 7) is 0.578. The first-order valence-corrected chi connectivity index (χ1v) is 6.21. The molecule has 0 unspecified atom stereocenters. The predicted octanol–water partition coefficient (Wildman–Crippen LogP) is 1.78. The molecule has 0 radical (unpaired) electrons. The molecule has 1 aromatic carbocycles. The Morgan fingerprint density at radius 3 is 2.53 bits per heavy atom. The van der Waals surface area contributed by atoms with Crippen LogP contribution < -0.4 is 9.47 Å². The van der Waals surface area contributed by atoms with Gasteiger partial charge in [-0.1, -0.05) is 6.07 Å². The van der Waals surface area contributed by atoms with E-state index in [0.717, 1.165) is 5.56 Å². The fourth-order valence-corrected chi connectivity index (χ4v) is 2.63. The molecule has 5 heteroatoms. The lowest BCUT2D eigenvalue weighted by Crippen LogP contribution is -2.20. The number of hydrogen-bond donors (Lipinski definition) is 1. The number of ether oxygens (including phenoxy) is 2. The van der Waals surface area contributed by atoms with Crippen molar-refractivity contribution in [3.63, 3.8) is 0 Å². The first-order valence-electron chi connectivity index (χ1n) is 6.21. The molecule has 0 bridgehead atoms. The molecule has 2 atom stereocenters. The highest BCUT2D eigenvalue weighted by Crippen LogP contribution is 2.38. The molecule has 1 N–H and O–H groups in total. The van der Waals surface area contributed by atoms with Crippen LogP contribution in [-0.2, 0) is 4.79 Å². The molecule has 19 heavy (non-hydrogen) atoms. The molecule has 1 aromatic rings. The van der Waals surface area contributed by atoms with Crippen LogP contribution in [-0.4, -0.2) is 43.8 Å². The summed E-state index contributed by atoms with van der Waals surface area (Å²) < 4.78 is 10.5. The minimum Gasteiger partial charge on any atom is -0.493 e. The Morgan fingerprint density at radius 2 is 2.00 bits per heavy atom. The van der Waals surface area contributed by atoms with Crippen molar-refractivity contribution in [2.45, 2.75) is 12.5 Å². The lowest BCUT2D eigenvalue weighted by atomic mass is 9.99. The van der Waals surface area contributed by atoms with Crippen molar-refractivity contribution >= 4 is 5.97 Å². The van der Waals surface area contributed by atoms with Crippen molar-refractivity contribution in [1.29, 1.82) is 0 Å². The zero-order valence-corrected chi connectivity index (χ0v) is 11.4.